The highest BCUT2D eigenvalue weighted by atomic mass is 79.9. The van der Waals surface area contributed by atoms with E-state index in [1.807, 2.05) is 0 Å². The van der Waals surface area contributed by atoms with Crippen molar-refractivity contribution in [2.45, 2.75) is 0 Å². The summed E-state index contributed by atoms with van der Waals surface area (Å²) in [4.78, 5) is 11.2. The lowest BCUT2D eigenvalue weighted by Crippen LogP contribution is -2.08. The molecule has 2 N–H and O–H groups in total. The standard InChI is InChI=1S/C12H4BrClN4O2/c13-7-1-2-8(10(11(7)14)12(19)20)18-9(5-17)6(3-15)4-16/h1-2,18H,(H,19,20). The van der Waals surface area contributed by atoms with Gasteiger partial charge in [0.25, 0.3) is 0 Å². The van der Waals surface area contributed by atoms with Crippen LogP contribution in [-0.2, 0) is 0 Å². The molecule has 0 saturated heterocycles. The first-order valence-electron chi connectivity index (χ1n) is 4.89. The van der Waals surface area contributed by atoms with Crippen molar-refractivity contribution in [1.82, 2.24) is 0 Å². The van der Waals surface area contributed by atoms with Crippen LogP contribution in [0, 0.1) is 34.0 Å². The van der Waals surface area contributed by atoms with E-state index in [-0.39, 0.29) is 22.0 Å². The highest BCUT2D eigenvalue weighted by molar-refractivity contribution is 9.10. The Labute approximate surface area is 127 Å². The van der Waals surface area contributed by atoms with Gasteiger partial charge in [-0.2, -0.15) is 15.8 Å². The third-order valence-electron chi connectivity index (χ3n) is 2.15. The molecule has 0 bridgehead atoms. The number of benzene rings is 1. The quantitative estimate of drug-likeness (QED) is 0.807. The van der Waals surface area contributed by atoms with Gasteiger partial charge in [0.1, 0.15) is 29.5 Å². The fraction of sp³-hybridized carbons (Fsp3) is 0. The van der Waals surface area contributed by atoms with Gasteiger partial charge in [0, 0.05) is 4.47 Å². The van der Waals surface area contributed by atoms with E-state index in [1.54, 1.807) is 18.2 Å². The molecular formula is C12H4BrClN4O2. The molecular weight excluding hydrogens is 348 g/mol. The van der Waals surface area contributed by atoms with Crippen LogP contribution in [0.4, 0.5) is 5.69 Å². The molecule has 0 radical (unpaired) electrons. The number of rotatable bonds is 3. The average molecular weight is 352 g/mol. The van der Waals surface area contributed by atoms with Gasteiger partial charge in [-0.3, -0.25) is 0 Å². The Morgan fingerprint density at radius 1 is 1.25 bits per heavy atom. The molecule has 0 aromatic heterocycles. The molecule has 0 saturated carbocycles. The fourth-order valence-corrected chi connectivity index (χ4v) is 1.86. The van der Waals surface area contributed by atoms with Gasteiger partial charge in [0.05, 0.1) is 10.7 Å². The molecule has 0 heterocycles. The normalized spacial score (nSPS) is 8.75. The lowest BCUT2D eigenvalue weighted by Gasteiger charge is -2.10. The minimum Gasteiger partial charge on any atom is -0.478 e. The maximum Gasteiger partial charge on any atom is 0.339 e. The zero-order valence-corrected chi connectivity index (χ0v) is 11.9. The summed E-state index contributed by atoms with van der Waals surface area (Å²) in [6.07, 6.45) is 0. The lowest BCUT2D eigenvalue weighted by molar-refractivity contribution is 0.0698. The van der Waals surface area contributed by atoms with Crippen molar-refractivity contribution in [3.8, 4) is 18.2 Å². The SMILES string of the molecule is N#CC(C#N)=C(C#N)Nc1ccc(Br)c(Cl)c1C(=O)O. The highest BCUT2D eigenvalue weighted by Gasteiger charge is 2.18. The molecule has 20 heavy (non-hydrogen) atoms. The van der Waals surface area contributed by atoms with Gasteiger partial charge in [-0.05, 0) is 28.1 Å². The molecule has 0 aliphatic carbocycles. The number of carboxylic acids is 1. The van der Waals surface area contributed by atoms with E-state index in [2.05, 4.69) is 21.2 Å². The molecule has 0 aliphatic heterocycles. The molecule has 98 valence electrons. The lowest BCUT2D eigenvalue weighted by atomic mass is 10.1. The number of halogens is 2. The van der Waals surface area contributed by atoms with Crippen molar-refractivity contribution in [2.75, 3.05) is 5.32 Å². The first-order chi connectivity index (χ1) is 9.46. The second-order valence-corrected chi connectivity index (χ2v) is 4.53. The summed E-state index contributed by atoms with van der Waals surface area (Å²) in [5, 5.41) is 37.8. The van der Waals surface area contributed by atoms with Gasteiger partial charge >= 0.3 is 5.97 Å². The van der Waals surface area contributed by atoms with Crippen LogP contribution in [-0.4, -0.2) is 11.1 Å². The molecule has 0 spiro atoms. The van der Waals surface area contributed by atoms with Crippen LogP contribution in [0.1, 0.15) is 10.4 Å². The maximum atomic E-state index is 11.2. The molecule has 0 amide bonds. The molecule has 1 aromatic rings. The average Bonchev–Trinajstić information content (AvgIpc) is 2.42. The Kier molecular flexibility index (Phi) is 5.11. The summed E-state index contributed by atoms with van der Waals surface area (Å²) in [7, 11) is 0. The van der Waals surface area contributed by atoms with Gasteiger partial charge < -0.3 is 10.4 Å². The summed E-state index contributed by atoms with van der Waals surface area (Å²) >= 11 is 8.95. The molecule has 0 unspecified atom stereocenters. The smallest absolute Gasteiger partial charge is 0.339 e. The van der Waals surface area contributed by atoms with Gasteiger partial charge in [0.2, 0.25) is 0 Å². The van der Waals surface area contributed by atoms with Crippen LogP contribution in [0.5, 0.6) is 0 Å². The predicted molar refractivity (Wildman–Crippen MR) is 73.6 cm³/mol. The minimum atomic E-state index is -1.31. The number of carboxylic acid groups (broad SMARTS) is 1. The first kappa shape index (κ1) is 15.5. The van der Waals surface area contributed by atoms with Crippen LogP contribution in [0.25, 0.3) is 0 Å². The molecule has 6 nitrogen and oxygen atoms in total. The van der Waals surface area contributed by atoms with Crippen molar-refractivity contribution in [3.63, 3.8) is 0 Å². The van der Waals surface area contributed by atoms with Crippen molar-refractivity contribution in [2.24, 2.45) is 0 Å². The number of carbonyl (C=O) groups is 1. The van der Waals surface area contributed by atoms with E-state index in [0.29, 0.717) is 4.47 Å². The van der Waals surface area contributed by atoms with Crippen LogP contribution in [0.15, 0.2) is 27.9 Å². The van der Waals surface area contributed by atoms with E-state index in [0.717, 1.165) is 0 Å². The Balaban J connectivity index is 3.46. The summed E-state index contributed by atoms with van der Waals surface area (Å²) in [6.45, 7) is 0. The van der Waals surface area contributed by atoms with Crippen LogP contribution in [0.2, 0.25) is 5.02 Å². The maximum absolute atomic E-state index is 11.2. The monoisotopic (exact) mass is 350 g/mol. The molecule has 0 atom stereocenters. The second kappa shape index (κ2) is 6.58. The fourth-order valence-electron chi connectivity index (χ4n) is 1.28. The van der Waals surface area contributed by atoms with Gasteiger partial charge in [-0.15, -0.1) is 0 Å². The molecule has 1 aromatic carbocycles. The van der Waals surface area contributed by atoms with Gasteiger partial charge in [0.15, 0.2) is 5.57 Å². The van der Waals surface area contributed by atoms with Crippen molar-refractivity contribution in [3.05, 3.63) is 38.5 Å². The minimum absolute atomic E-state index is 0.00486. The summed E-state index contributed by atoms with van der Waals surface area (Å²) < 4.78 is 0.366. The largest absolute Gasteiger partial charge is 0.478 e. The second-order valence-electron chi connectivity index (χ2n) is 3.30. The number of aromatic carboxylic acids is 1. The Hall–Kier alpha value is -2.53. The highest BCUT2D eigenvalue weighted by Crippen LogP contribution is 2.32. The number of hydrogen-bond acceptors (Lipinski definition) is 5. The van der Waals surface area contributed by atoms with E-state index in [1.165, 1.54) is 12.1 Å². The van der Waals surface area contributed by atoms with E-state index in [9.17, 15) is 4.79 Å². The molecule has 1 rings (SSSR count). The summed E-state index contributed by atoms with van der Waals surface area (Å²) in [6, 6.07) is 7.55. The zero-order valence-electron chi connectivity index (χ0n) is 9.61. The topological polar surface area (TPSA) is 121 Å². The molecule has 0 aliphatic rings. The first-order valence-corrected chi connectivity index (χ1v) is 6.06. The predicted octanol–water partition coefficient (Wildman–Crippen LogP) is 3.04. The van der Waals surface area contributed by atoms with Crippen LogP contribution < -0.4 is 5.32 Å². The van der Waals surface area contributed by atoms with E-state index in [4.69, 9.17) is 32.5 Å². The summed E-state index contributed by atoms with van der Waals surface area (Å²) in [5.74, 6) is -1.31. The number of nitrogens with one attached hydrogen (secondary N) is 1. The summed E-state index contributed by atoms with van der Waals surface area (Å²) in [5.41, 5.74) is -1.08. The van der Waals surface area contributed by atoms with Crippen LogP contribution >= 0.6 is 27.5 Å². The van der Waals surface area contributed by atoms with Crippen LogP contribution in [0.3, 0.4) is 0 Å². The number of hydrogen-bond donors (Lipinski definition) is 2. The number of allylic oxidation sites excluding steroid dienone is 2. The van der Waals surface area contributed by atoms with Gasteiger partial charge in [-0.25, -0.2) is 4.79 Å². The molecule has 0 fully saturated rings. The van der Waals surface area contributed by atoms with Gasteiger partial charge in [-0.1, -0.05) is 11.6 Å². The van der Waals surface area contributed by atoms with E-state index < -0.39 is 11.5 Å². The Morgan fingerprint density at radius 3 is 2.30 bits per heavy atom. The van der Waals surface area contributed by atoms with Crippen molar-refractivity contribution >= 4 is 39.2 Å². The van der Waals surface area contributed by atoms with E-state index >= 15 is 0 Å². The Morgan fingerprint density at radius 2 is 1.85 bits per heavy atom. The zero-order chi connectivity index (χ0) is 15.3. The number of anilines is 1. The number of nitrogens with zero attached hydrogens (tertiary/aromatic N) is 3. The third kappa shape index (κ3) is 3.07. The van der Waals surface area contributed by atoms with Crippen molar-refractivity contribution in [1.29, 1.82) is 15.8 Å². The Bertz CT molecular complexity index is 722. The molecule has 8 heteroatoms. The number of nitriles is 3. The third-order valence-corrected chi connectivity index (χ3v) is 3.44. The van der Waals surface area contributed by atoms with Crippen molar-refractivity contribution < 1.29 is 9.90 Å².